The van der Waals surface area contributed by atoms with Gasteiger partial charge < -0.3 is 4.74 Å². The van der Waals surface area contributed by atoms with Gasteiger partial charge in [-0.15, -0.1) is 0 Å². The van der Waals surface area contributed by atoms with Crippen LogP contribution in [0.15, 0.2) is 48.7 Å². The second kappa shape index (κ2) is 5.85. The van der Waals surface area contributed by atoms with E-state index in [9.17, 15) is 0 Å². The maximum absolute atomic E-state index is 5.75. The second-order valence-electron chi connectivity index (χ2n) is 4.90. The summed E-state index contributed by atoms with van der Waals surface area (Å²) >= 11 is 0. The number of hydrogen-bond donors (Lipinski definition) is 0. The maximum atomic E-state index is 5.75. The third kappa shape index (κ3) is 3.32. The summed E-state index contributed by atoms with van der Waals surface area (Å²) in [6, 6.07) is 14.0. The molecule has 3 rings (SSSR count). The quantitative estimate of drug-likeness (QED) is 0.835. The molecule has 0 spiro atoms. The SMILES string of the molecule is c1ccc(Oc2cccc(CN3CCCC3)c2)nc1. The predicted octanol–water partition coefficient (Wildman–Crippen LogP) is 3.47. The third-order valence-corrected chi connectivity index (χ3v) is 3.36. The Morgan fingerprint density at radius 1 is 1.05 bits per heavy atom. The van der Waals surface area contributed by atoms with Crippen molar-refractivity contribution in [3.05, 3.63) is 54.2 Å². The van der Waals surface area contributed by atoms with Gasteiger partial charge in [0, 0.05) is 18.8 Å². The smallest absolute Gasteiger partial charge is 0.219 e. The normalized spacial score (nSPS) is 15.6. The molecule has 0 bridgehead atoms. The summed E-state index contributed by atoms with van der Waals surface area (Å²) in [5, 5.41) is 0. The Bertz CT molecular complexity index is 521. The van der Waals surface area contributed by atoms with Gasteiger partial charge >= 0.3 is 0 Å². The van der Waals surface area contributed by atoms with Gasteiger partial charge in [0.15, 0.2) is 0 Å². The van der Waals surface area contributed by atoms with Crippen molar-refractivity contribution in [2.75, 3.05) is 13.1 Å². The molecule has 0 saturated carbocycles. The topological polar surface area (TPSA) is 25.4 Å². The molecule has 0 aliphatic carbocycles. The summed E-state index contributed by atoms with van der Waals surface area (Å²) in [7, 11) is 0. The minimum Gasteiger partial charge on any atom is -0.439 e. The predicted molar refractivity (Wildman–Crippen MR) is 75.3 cm³/mol. The molecule has 0 atom stereocenters. The molecule has 1 aromatic carbocycles. The number of benzene rings is 1. The van der Waals surface area contributed by atoms with Crippen LogP contribution in [0.5, 0.6) is 11.6 Å². The fourth-order valence-electron chi connectivity index (χ4n) is 2.43. The lowest BCUT2D eigenvalue weighted by molar-refractivity contribution is 0.331. The molecule has 0 unspecified atom stereocenters. The zero-order chi connectivity index (χ0) is 12.9. The molecule has 0 N–H and O–H groups in total. The molecule has 1 aliphatic heterocycles. The van der Waals surface area contributed by atoms with Gasteiger partial charge in [0.05, 0.1) is 0 Å². The molecule has 2 aromatic rings. The summed E-state index contributed by atoms with van der Waals surface area (Å²) in [4.78, 5) is 6.66. The minimum absolute atomic E-state index is 0.640. The van der Waals surface area contributed by atoms with Crippen molar-refractivity contribution in [1.82, 2.24) is 9.88 Å². The van der Waals surface area contributed by atoms with Gasteiger partial charge in [-0.1, -0.05) is 18.2 Å². The lowest BCUT2D eigenvalue weighted by Crippen LogP contribution is -2.18. The van der Waals surface area contributed by atoms with Crippen molar-refractivity contribution in [2.45, 2.75) is 19.4 Å². The number of likely N-dealkylation sites (tertiary alicyclic amines) is 1. The largest absolute Gasteiger partial charge is 0.439 e. The third-order valence-electron chi connectivity index (χ3n) is 3.36. The van der Waals surface area contributed by atoms with Crippen LogP contribution in [-0.4, -0.2) is 23.0 Å². The second-order valence-corrected chi connectivity index (χ2v) is 4.90. The Labute approximate surface area is 113 Å². The molecule has 19 heavy (non-hydrogen) atoms. The van der Waals surface area contributed by atoms with Gasteiger partial charge in [-0.05, 0) is 49.7 Å². The van der Waals surface area contributed by atoms with E-state index < -0.39 is 0 Å². The first-order chi connectivity index (χ1) is 9.40. The molecular weight excluding hydrogens is 236 g/mol. The van der Waals surface area contributed by atoms with E-state index in [-0.39, 0.29) is 0 Å². The molecular formula is C16H18N2O. The first kappa shape index (κ1) is 12.2. The van der Waals surface area contributed by atoms with Crippen LogP contribution in [0.1, 0.15) is 18.4 Å². The standard InChI is InChI=1S/C16H18N2O/c1-2-9-17-16(8-1)19-15-7-5-6-14(12-15)13-18-10-3-4-11-18/h1-2,5-9,12H,3-4,10-11,13H2. The van der Waals surface area contributed by atoms with E-state index in [1.807, 2.05) is 30.3 Å². The summed E-state index contributed by atoms with van der Waals surface area (Å²) in [5.74, 6) is 1.50. The van der Waals surface area contributed by atoms with Crippen LogP contribution in [0.25, 0.3) is 0 Å². The highest BCUT2D eigenvalue weighted by Gasteiger charge is 2.11. The Morgan fingerprint density at radius 2 is 1.95 bits per heavy atom. The van der Waals surface area contributed by atoms with Crippen LogP contribution in [0.4, 0.5) is 0 Å². The van der Waals surface area contributed by atoms with E-state index >= 15 is 0 Å². The van der Waals surface area contributed by atoms with E-state index in [1.165, 1.54) is 31.5 Å². The molecule has 1 fully saturated rings. The number of rotatable bonds is 4. The van der Waals surface area contributed by atoms with Crippen molar-refractivity contribution in [1.29, 1.82) is 0 Å². The van der Waals surface area contributed by atoms with Gasteiger partial charge in [0.1, 0.15) is 5.75 Å². The van der Waals surface area contributed by atoms with Crippen LogP contribution < -0.4 is 4.74 Å². The molecule has 1 aromatic heterocycles. The molecule has 3 heteroatoms. The van der Waals surface area contributed by atoms with E-state index in [1.54, 1.807) is 6.20 Å². The highest BCUT2D eigenvalue weighted by Crippen LogP contribution is 2.21. The van der Waals surface area contributed by atoms with Crippen LogP contribution in [0.3, 0.4) is 0 Å². The lowest BCUT2D eigenvalue weighted by Gasteiger charge is -2.15. The van der Waals surface area contributed by atoms with Crippen LogP contribution in [0.2, 0.25) is 0 Å². The Balaban J connectivity index is 1.69. The number of pyridine rings is 1. The summed E-state index contributed by atoms with van der Waals surface area (Å²) in [5.41, 5.74) is 1.30. The van der Waals surface area contributed by atoms with Gasteiger partial charge in [0.25, 0.3) is 0 Å². The number of hydrogen-bond acceptors (Lipinski definition) is 3. The Kier molecular flexibility index (Phi) is 3.75. The van der Waals surface area contributed by atoms with Crippen molar-refractivity contribution in [3.8, 4) is 11.6 Å². The van der Waals surface area contributed by atoms with E-state index in [0.717, 1.165) is 12.3 Å². The van der Waals surface area contributed by atoms with Crippen molar-refractivity contribution < 1.29 is 4.74 Å². The fourth-order valence-corrected chi connectivity index (χ4v) is 2.43. The average molecular weight is 254 g/mol. The zero-order valence-electron chi connectivity index (χ0n) is 11.0. The van der Waals surface area contributed by atoms with Gasteiger partial charge in [-0.3, -0.25) is 4.90 Å². The molecule has 1 saturated heterocycles. The molecule has 98 valence electrons. The van der Waals surface area contributed by atoms with Crippen molar-refractivity contribution >= 4 is 0 Å². The van der Waals surface area contributed by atoms with E-state index in [4.69, 9.17) is 4.74 Å². The summed E-state index contributed by atoms with van der Waals surface area (Å²) in [6.45, 7) is 3.44. The average Bonchev–Trinajstić information content (AvgIpc) is 2.93. The van der Waals surface area contributed by atoms with Crippen molar-refractivity contribution in [2.24, 2.45) is 0 Å². The monoisotopic (exact) mass is 254 g/mol. The lowest BCUT2D eigenvalue weighted by atomic mass is 10.2. The van der Waals surface area contributed by atoms with Crippen LogP contribution >= 0.6 is 0 Å². The first-order valence-electron chi connectivity index (χ1n) is 6.80. The molecule has 2 heterocycles. The van der Waals surface area contributed by atoms with E-state index in [2.05, 4.69) is 22.0 Å². The number of aromatic nitrogens is 1. The van der Waals surface area contributed by atoms with Crippen LogP contribution in [0, 0.1) is 0 Å². The first-order valence-corrected chi connectivity index (χ1v) is 6.80. The van der Waals surface area contributed by atoms with Gasteiger partial charge in [-0.2, -0.15) is 0 Å². The van der Waals surface area contributed by atoms with Crippen molar-refractivity contribution in [3.63, 3.8) is 0 Å². The molecule has 0 radical (unpaired) electrons. The highest BCUT2D eigenvalue weighted by atomic mass is 16.5. The van der Waals surface area contributed by atoms with E-state index in [0.29, 0.717) is 5.88 Å². The molecule has 3 nitrogen and oxygen atoms in total. The fraction of sp³-hybridized carbons (Fsp3) is 0.312. The molecule has 0 amide bonds. The number of ether oxygens (including phenoxy) is 1. The highest BCUT2D eigenvalue weighted by molar-refractivity contribution is 5.31. The summed E-state index contributed by atoms with van der Waals surface area (Å²) < 4.78 is 5.75. The Morgan fingerprint density at radius 3 is 2.74 bits per heavy atom. The number of nitrogens with zero attached hydrogens (tertiary/aromatic N) is 2. The Hall–Kier alpha value is -1.87. The molecule has 1 aliphatic rings. The zero-order valence-corrected chi connectivity index (χ0v) is 11.0. The van der Waals surface area contributed by atoms with Gasteiger partial charge in [-0.25, -0.2) is 4.98 Å². The maximum Gasteiger partial charge on any atom is 0.219 e. The van der Waals surface area contributed by atoms with Gasteiger partial charge in [0.2, 0.25) is 5.88 Å². The summed E-state index contributed by atoms with van der Waals surface area (Å²) in [6.07, 6.45) is 4.39. The van der Waals surface area contributed by atoms with Crippen LogP contribution in [-0.2, 0) is 6.54 Å². The minimum atomic E-state index is 0.640.